The lowest BCUT2D eigenvalue weighted by molar-refractivity contribution is -0.119. The molecule has 0 bridgehead atoms. The first-order valence-corrected chi connectivity index (χ1v) is 9.26. The van der Waals surface area contributed by atoms with Gasteiger partial charge in [0.2, 0.25) is 0 Å². The molecule has 0 spiro atoms. The number of nitrogens with zero attached hydrogens (tertiary/aromatic N) is 2. The van der Waals surface area contributed by atoms with E-state index in [1.807, 2.05) is 36.5 Å². The van der Waals surface area contributed by atoms with Gasteiger partial charge in [-0.05, 0) is 40.1 Å². The summed E-state index contributed by atoms with van der Waals surface area (Å²) in [6.45, 7) is 2.17. The predicted molar refractivity (Wildman–Crippen MR) is 103 cm³/mol. The Labute approximate surface area is 157 Å². The number of carbonyl (C=O) groups excluding carboxylic acids is 1. The first-order valence-electron chi connectivity index (χ1n) is 8.32. The molecule has 2 N–H and O–H groups in total. The van der Waals surface area contributed by atoms with Crippen LogP contribution in [-0.4, -0.2) is 22.4 Å². The summed E-state index contributed by atoms with van der Waals surface area (Å²) in [5.74, 6) is 0.207. The molecule has 0 atom stereocenters. The van der Waals surface area contributed by atoms with Crippen molar-refractivity contribution in [2.75, 3.05) is 6.61 Å². The van der Waals surface area contributed by atoms with Crippen LogP contribution in [0, 0.1) is 0 Å². The Balaban J connectivity index is 1.77. The van der Waals surface area contributed by atoms with Gasteiger partial charge in [-0.25, -0.2) is 0 Å². The molecule has 0 aliphatic rings. The van der Waals surface area contributed by atoms with Crippen molar-refractivity contribution < 1.29 is 9.53 Å². The van der Waals surface area contributed by atoms with Crippen LogP contribution in [0.4, 0.5) is 0 Å². The molecule has 0 aliphatic heterocycles. The average Bonchev–Trinajstić information content (AvgIpc) is 3.15. The van der Waals surface area contributed by atoms with E-state index in [1.165, 1.54) is 5.56 Å². The Kier molecular flexibility index (Phi) is 6.35. The van der Waals surface area contributed by atoms with Gasteiger partial charge in [-0.15, -0.1) is 0 Å². The van der Waals surface area contributed by atoms with Gasteiger partial charge in [0.1, 0.15) is 5.75 Å². The standard InChI is InChI=1S/C20H21N3O2S/c21-20(24)14-25-19-6-2-1-5-18(19)13-23(12-17-7-9-26-15-17)11-16-4-3-8-22-10-16/h1-10,15H,11-14H2,(H2,21,24). The summed E-state index contributed by atoms with van der Waals surface area (Å²) in [7, 11) is 0. The fraction of sp³-hybridized carbons (Fsp3) is 0.200. The smallest absolute Gasteiger partial charge is 0.255 e. The van der Waals surface area contributed by atoms with Crippen molar-refractivity contribution in [2.24, 2.45) is 5.73 Å². The number of aromatic nitrogens is 1. The summed E-state index contributed by atoms with van der Waals surface area (Å²) in [5, 5.41) is 4.24. The van der Waals surface area contributed by atoms with E-state index in [1.54, 1.807) is 17.5 Å². The largest absolute Gasteiger partial charge is 0.483 e. The Morgan fingerprint density at radius 3 is 2.65 bits per heavy atom. The molecular formula is C20H21N3O2S. The maximum absolute atomic E-state index is 11.0. The molecule has 2 heterocycles. The van der Waals surface area contributed by atoms with E-state index in [4.69, 9.17) is 10.5 Å². The topological polar surface area (TPSA) is 68.5 Å². The lowest BCUT2D eigenvalue weighted by Crippen LogP contribution is -2.24. The molecule has 1 amide bonds. The molecule has 0 aliphatic carbocycles. The number of carbonyl (C=O) groups is 1. The maximum Gasteiger partial charge on any atom is 0.255 e. The highest BCUT2D eigenvalue weighted by Gasteiger charge is 2.12. The number of thiophene rings is 1. The number of primary amides is 1. The highest BCUT2D eigenvalue weighted by molar-refractivity contribution is 7.07. The van der Waals surface area contributed by atoms with Gasteiger partial charge < -0.3 is 10.5 Å². The van der Waals surface area contributed by atoms with E-state index in [2.05, 4.69) is 32.8 Å². The Hall–Kier alpha value is -2.70. The van der Waals surface area contributed by atoms with E-state index < -0.39 is 5.91 Å². The SMILES string of the molecule is NC(=O)COc1ccccc1CN(Cc1cccnc1)Cc1ccsc1. The van der Waals surface area contributed by atoms with Gasteiger partial charge in [-0.1, -0.05) is 24.3 Å². The number of hydrogen-bond acceptors (Lipinski definition) is 5. The zero-order valence-electron chi connectivity index (χ0n) is 14.4. The van der Waals surface area contributed by atoms with Crippen LogP contribution in [0.5, 0.6) is 5.75 Å². The minimum atomic E-state index is -0.481. The Morgan fingerprint density at radius 1 is 1.08 bits per heavy atom. The number of hydrogen-bond donors (Lipinski definition) is 1. The molecule has 0 unspecified atom stereocenters. The van der Waals surface area contributed by atoms with E-state index >= 15 is 0 Å². The molecule has 26 heavy (non-hydrogen) atoms. The predicted octanol–water partition coefficient (Wildman–Crippen LogP) is 3.21. The van der Waals surface area contributed by atoms with Crippen LogP contribution in [0.1, 0.15) is 16.7 Å². The second-order valence-corrected chi connectivity index (χ2v) is 6.78. The first-order chi connectivity index (χ1) is 12.7. The molecule has 2 aromatic heterocycles. The van der Waals surface area contributed by atoms with E-state index in [-0.39, 0.29) is 6.61 Å². The van der Waals surface area contributed by atoms with Gasteiger partial charge in [-0.2, -0.15) is 11.3 Å². The van der Waals surface area contributed by atoms with Gasteiger partial charge in [0.15, 0.2) is 6.61 Å². The normalized spacial score (nSPS) is 10.8. The van der Waals surface area contributed by atoms with Crippen LogP contribution in [-0.2, 0) is 24.4 Å². The number of para-hydroxylation sites is 1. The molecule has 0 saturated heterocycles. The zero-order chi connectivity index (χ0) is 18.2. The molecule has 6 heteroatoms. The molecule has 0 saturated carbocycles. The molecule has 0 radical (unpaired) electrons. The Morgan fingerprint density at radius 2 is 1.92 bits per heavy atom. The lowest BCUT2D eigenvalue weighted by atomic mass is 10.1. The van der Waals surface area contributed by atoms with Crippen LogP contribution in [0.2, 0.25) is 0 Å². The minimum absolute atomic E-state index is 0.121. The molecular weight excluding hydrogens is 346 g/mol. The third kappa shape index (κ3) is 5.40. The lowest BCUT2D eigenvalue weighted by Gasteiger charge is -2.23. The van der Waals surface area contributed by atoms with Crippen LogP contribution < -0.4 is 10.5 Å². The summed E-state index contributed by atoms with van der Waals surface area (Å²) in [6.07, 6.45) is 3.66. The van der Waals surface area contributed by atoms with Crippen molar-refractivity contribution in [1.29, 1.82) is 0 Å². The number of amides is 1. The first kappa shape index (κ1) is 18.1. The third-order valence-electron chi connectivity index (χ3n) is 3.85. The highest BCUT2D eigenvalue weighted by Crippen LogP contribution is 2.22. The van der Waals surface area contributed by atoms with Gasteiger partial charge >= 0.3 is 0 Å². The van der Waals surface area contributed by atoms with Crippen molar-refractivity contribution >= 4 is 17.2 Å². The fourth-order valence-electron chi connectivity index (χ4n) is 2.72. The molecule has 0 fully saturated rings. The molecule has 3 rings (SSSR count). The quantitative estimate of drug-likeness (QED) is 0.631. The monoisotopic (exact) mass is 367 g/mol. The molecule has 1 aromatic carbocycles. The van der Waals surface area contributed by atoms with Crippen LogP contribution in [0.3, 0.4) is 0 Å². The van der Waals surface area contributed by atoms with E-state index in [0.717, 1.165) is 24.2 Å². The molecule has 5 nitrogen and oxygen atoms in total. The van der Waals surface area contributed by atoms with Crippen LogP contribution in [0.15, 0.2) is 65.6 Å². The molecule has 134 valence electrons. The summed E-state index contributed by atoms with van der Waals surface area (Å²) < 4.78 is 5.57. The van der Waals surface area contributed by atoms with E-state index in [9.17, 15) is 4.79 Å². The van der Waals surface area contributed by atoms with Crippen molar-refractivity contribution in [1.82, 2.24) is 9.88 Å². The summed E-state index contributed by atoms with van der Waals surface area (Å²) >= 11 is 1.69. The number of rotatable bonds is 9. The highest BCUT2D eigenvalue weighted by atomic mass is 32.1. The minimum Gasteiger partial charge on any atom is -0.483 e. The van der Waals surface area contributed by atoms with E-state index in [0.29, 0.717) is 12.3 Å². The number of ether oxygens (including phenoxy) is 1. The van der Waals surface area contributed by atoms with Crippen molar-refractivity contribution in [3.63, 3.8) is 0 Å². The van der Waals surface area contributed by atoms with Crippen molar-refractivity contribution in [2.45, 2.75) is 19.6 Å². The summed E-state index contributed by atoms with van der Waals surface area (Å²) in [6, 6.07) is 13.9. The van der Waals surface area contributed by atoms with Crippen molar-refractivity contribution in [3.05, 3.63) is 82.3 Å². The second-order valence-electron chi connectivity index (χ2n) is 6.00. The second kappa shape index (κ2) is 9.12. The van der Waals surface area contributed by atoms with Gasteiger partial charge in [0.05, 0.1) is 0 Å². The number of nitrogens with two attached hydrogens (primary N) is 1. The third-order valence-corrected chi connectivity index (χ3v) is 4.58. The number of pyridine rings is 1. The average molecular weight is 367 g/mol. The maximum atomic E-state index is 11.0. The van der Waals surface area contributed by atoms with Crippen LogP contribution >= 0.6 is 11.3 Å². The van der Waals surface area contributed by atoms with Gasteiger partial charge in [-0.3, -0.25) is 14.7 Å². The zero-order valence-corrected chi connectivity index (χ0v) is 15.2. The van der Waals surface area contributed by atoms with Gasteiger partial charge in [0, 0.05) is 37.6 Å². The fourth-order valence-corrected chi connectivity index (χ4v) is 3.38. The summed E-state index contributed by atoms with van der Waals surface area (Å²) in [4.78, 5) is 17.6. The van der Waals surface area contributed by atoms with Crippen molar-refractivity contribution in [3.8, 4) is 5.75 Å². The summed E-state index contributed by atoms with van der Waals surface area (Å²) in [5.41, 5.74) is 8.65. The van der Waals surface area contributed by atoms with Crippen LogP contribution in [0.25, 0.3) is 0 Å². The molecule has 3 aromatic rings. The van der Waals surface area contributed by atoms with Gasteiger partial charge in [0.25, 0.3) is 5.91 Å². The Bertz CT molecular complexity index is 822. The number of benzene rings is 1.